The number of ether oxygens (including phenoxy) is 1. The summed E-state index contributed by atoms with van der Waals surface area (Å²) >= 11 is 8.93. The monoisotopic (exact) mass is 349 g/mol. The van der Waals surface area contributed by atoms with Crippen LogP contribution in [-0.4, -0.2) is 17.3 Å². The van der Waals surface area contributed by atoms with Gasteiger partial charge in [-0.2, -0.15) is 0 Å². The lowest BCUT2D eigenvalue weighted by Gasteiger charge is -2.08. The lowest BCUT2D eigenvalue weighted by Crippen LogP contribution is -2.04. The predicted molar refractivity (Wildman–Crippen MR) is 75.8 cm³/mol. The van der Waals surface area contributed by atoms with Crippen molar-refractivity contribution in [3.05, 3.63) is 31.7 Å². The van der Waals surface area contributed by atoms with Gasteiger partial charge in [0.1, 0.15) is 5.78 Å². The largest absolute Gasteiger partial charge is 0.486 e. The van der Waals surface area contributed by atoms with Crippen LogP contribution in [0.2, 0.25) is 5.02 Å². The standard InChI is InChI=1S/C12H13BrClNO4/c1-2-9(16)4-3-5-19-12-10(13)6-8(14)7-11(12)15(17)18/h6-7H,2-5H2,1H3. The third kappa shape index (κ3) is 4.80. The minimum Gasteiger partial charge on any atom is -0.486 e. The van der Waals surface area contributed by atoms with Gasteiger partial charge in [-0.3, -0.25) is 14.9 Å². The number of hydrogen-bond donors (Lipinski definition) is 0. The van der Waals surface area contributed by atoms with Gasteiger partial charge in [-0.1, -0.05) is 18.5 Å². The topological polar surface area (TPSA) is 69.4 Å². The number of ketones is 1. The molecular formula is C12H13BrClNO4. The predicted octanol–water partition coefficient (Wildman–Crippen LogP) is 4.15. The minimum atomic E-state index is -0.552. The molecule has 0 aliphatic rings. The molecule has 0 saturated heterocycles. The van der Waals surface area contributed by atoms with Crippen LogP contribution >= 0.6 is 27.5 Å². The van der Waals surface area contributed by atoms with E-state index in [1.54, 1.807) is 6.92 Å². The Balaban J connectivity index is 2.72. The van der Waals surface area contributed by atoms with Crippen molar-refractivity contribution in [1.29, 1.82) is 0 Å². The van der Waals surface area contributed by atoms with E-state index in [1.807, 2.05) is 0 Å². The highest BCUT2D eigenvalue weighted by Gasteiger charge is 2.19. The van der Waals surface area contributed by atoms with Gasteiger partial charge in [-0.05, 0) is 28.4 Å². The lowest BCUT2D eigenvalue weighted by molar-refractivity contribution is -0.385. The van der Waals surface area contributed by atoms with Crippen LogP contribution in [-0.2, 0) is 4.79 Å². The zero-order valence-corrected chi connectivity index (χ0v) is 12.7. The molecule has 0 unspecified atom stereocenters. The highest BCUT2D eigenvalue weighted by Crippen LogP contribution is 2.37. The summed E-state index contributed by atoms with van der Waals surface area (Å²) in [4.78, 5) is 21.5. The van der Waals surface area contributed by atoms with Crippen molar-refractivity contribution in [2.24, 2.45) is 0 Å². The maximum absolute atomic E-state index is 11.1. The second-order valence-electron chi connectivity index (χ2n) is 3.84. The molecule has 0 radical (unpaired) electrons. The van der Waals surface area contributed by atoms with Crippen molar-refractivity contribution in [1.82, 2.24) is 0 Å². The van der Waals surface area contributed by atoms with Gasteiger partial charge in [-0.15, -0.1) is 0 Å². The molecule has 5 nitrogen and oxygen atoms in total. The van der Waals surface area contributed by atoms with Crippen molar-refractivity contribution < 1.29 is 14.5 Å². The molecule has 19 heavy (non-hydrogen) atoms. The van der Waals surface area contributed by atoms with Gasteiger partial charge in [0.2, 0.25) is 5.75 Å². The number of carbonyl (C=O) groups is 1. The van der Waals surface area contributed by atoms with E-state index in [9.17, 15) is 14.9 Å². The molecule has 1 rings (SSSR count). The average Bonchev–Trinajstić information content (AvgIpc) is 2.35. The fraction of sp³-hybridized carbons (Fsp3) is 0.417. The van der Waals surface area contributed by atoms with Crippen LogP contribution in [0.15, 0.2) is 16.6 Å². The number of hydrogen-bond acceptors (Lipinski definition) is 4. The molecule has 0 atom stereocenters. The molecule has 0 bridgehead atoms. The first-order chi connectivity index (χ1) is 8.95. The normalized spacial score (nSPS) is 10.3. The van der Waals surface area contributed by atoms with Crippen LogP contribution in [0.5, 0.6) is 5.75 Å². The number of nitro groups is 1. The van der Waals surface area contributed by atoms with E-state index >= 15 is 0 Å². The van der Waals surface area contributed by atoms with E-state index in [0.717, 1.165) is 0 Å². The maximum atomic E-state index is 11.1. The van der Waals surface area contributed by atoms with Crippen LogP contribution in [0, 0.1) is 10.1 Å². The Morgan fingerprint density at radius 2 is 2.21 bits per heavy atom. The Hall–Kier alpha value is -1.14. The summed E-state index contributed by atoms with van der Waals surface area (Å²) < 4.78 is 5.80. The molecule has 104 valence electrons. The quantitative estimate of drug-likeness (QED) is 0.421. The Labute approximate surface area is 124 Å². The summed E-state index contributed by atoms with van der Waals surface area (Å²) in [7, 11) is 0. The number of nitrogens with zero attached hydrogens (tertiary/aromatic N) is 1. The average molecular weight is 351 g/mol. The third-order valence-corrected chi connectivity index (χ3v) is 3.23. The zero-order chi connectivity index (χ0) is 14.4. The van der Waals surface area contributed by atoms with Crippen LogP contribution in [0.1, 0.15) is 26.2 Å². The molecule has 0 spiro atoms. The van der Waals surface area contributed by atoms with Gasteiger partial charge in [-0.25, -0.2) is 0 Å². The van der Waals surface area contributed by atoms with Gasteiger partial charge < -0.3 is 4.74 Å². The molecular weight excluding hydrogens is 337 g/mol. The van der Waals surface area contributed by atoms with Crippen molar-refractivity contribution in [2.75, 3.05) is 6.61 Å². The van der Waals surface area contributed by atoms with E-state index < -0.39 is 4.92 Å². The molecule has 0 aromatic heterocycles. The molecule has 0 aliphatic carbocycles. The van der Waals surface area contributed by atoms with Crippen LogP contribution in [0.25, 0.3) is 0 Å². The molecule has 0 amide bonds. The first kappa shape index (κ1) is 15.9. The number of benzene rings is 1. The number of carbonyl (C=O) groups excluding carboxylic acids is 1. The van der Waals surface area contributed by atoms with Crippen molar-refractivity contribution in [3.8, 4) is 5.75 Å². The molecule has 7 heteroatoms. The van der Waals surface area contributed by atoms with E-state index in [4.69, 9.17) is 16.3 Å². The molecule has 0 saturated carbocycles. The van der Waals surface area contributed by atoms with Crippen molar-refractivity contribution in [3.63, 3.8) is 0 Å². The van der Waals surface area contributed by atoms with Crippen molar-refractivity contribution >= 4 is 39.0 Å². The summed E-state index contributed by atoms with van der Waals surface area (Å²) in [5.41, 5.74) is -0.193. The van der Waals surface area contributed by atoms with Gasteiger partial charge >= 0.3 is 5.69 Å². The van der Waals surface area contributed by atoms with Gasteiger partial charge in [0.15, 0.2) is 0 Å². The SMILES string of the molecule is CCC(=O)CCCOc1c(Br)cc(Cl)cc1[N+](=O)[O-]. The highest BCUT2D eigenvalue weighted by atomic mass is 79.9. The van der Waals surface area contributed by atoms with E-state index in [-0.39, 0.29) is 28.8 Å². The number of halogens is 2. The summed E-state index contributed by atoms with van der Waals surface area (Å²) in [5, 5.41) is 11.2. The van der Waals surface area contributed by atoms with E-state index in [0.29, 0.717) is 23.7 Å². The summed E-state index contributed by atoms with van der Waals surface area (Å²) in [6.45, 7) is 2.04. The number of Topliss-reactive ketones (excluding diaryl/α,β-unsaturated/α-hetero) is 1. The van der Waals surface area contributed by atoms with Gasteiger partial charge in [0.05, 0.1) is 16.0 Å². The second-order valence-corrected chi connectivity index (χ2v) is 5.13. The first-order valence-corrected chi connectivity index (χ1v) is 6.90. The fourth-order valence-corrected chi connectivity index (χ4v) is 2.35. The molecule has 0 N–H and O–H groups in total. The van der Waals surface area contributed by atoms with E-state index in [1.165, 1.54) is 12.1 Å². The van der Waals surface area contributed by atoms with E-state index in [2.05, 4.69) is 15.9 Å². The molecule has 1 aromatic carbocycles. The molecule has 1 aromatic rings. The summed E-state index contributed by atoms with van der Waals surface area (Å²) in [6.07, 6.45) is 1.43. The first-order valence-electron chi connectivity index (χ1n) is 5.73. The molecule has 0 heterocycles. The van der Waals surface area contributed by atoms with Crippen molar-refractivity contribution in [2.45, 2.75) is 26.2 Å². The minimum absolute atomic E-state index is 0.137. The second kappa shape index (κ2) is 7.45. The Kier molecular flexibility index (Phi) is 6.24. The smallest absolute Gasteiger partial charge is 0.313 e. The molecule has 0 fully saturated rings. The van der Waals surface area contributed by atoms with Gasteiger partial charge in [0, 0.05) is 23.9 Å². The van der Waals surface area contributed by atoms with Gasteiger partial charge in [0.25, 0.3) is 0 Å². The maximum Gasteiger partial charge on any atom is 0.313 e. The summed E-state index contributed by atoms with van der Waals surface area (Å²) in [5.74, 6) is 0.284. The highest BCUT2D eigenvalue weighted by molar-refractivity contribution is 9.10. The van der Waals surface area contributed by atoms with Crippen LogP contribution < -0.4 is 4.74 Å². The Morgan fingerprint density at radius 1 is 1.53 bits per heavy atom. The summed E-state index contributed by atoms with van der Waals surface area (Å²) in [6, 6.07) is 2.76. The number of nitro benzene ring substituents is 1. The van der Waals surface area contributed by atoms with Crippen LogP contribution in [0.4, 0.5) is 5.69 Å². The fourth-order valence-electron chi connectivity index (χ4n) is 1.45. The van der Waals surface area contributed by atoms with Crippen LogP contribution in [0.3, 0.4) is 0 Å². The lowest BCUT2D eigenvalue weighted by atomic mass is 10.2. The molecule has 0 aliphatic heterocycles. The zero-order valence-electron chi connectivity index (χ0n) is 10.3. The Morgan fingerprint density at radius 3 is 2.79 bits per heavy atom. The number of rotatable bonds is 7. The Bertz CT molecular complexity index is 493. The third-order valence-electron chi connectivity index (χ3n) is 2.43.